The molecule has 0 bridgehead atoms. The lowest BCUT2D eigenvalue weighted by Crippen LogP contribution is -2.48. The summed E-state index contributed by atoms with van der Waals surface area (Å²) in [6.45, 7) is 2.64. The van der Waals surface area contributed by atoms with Gasteiger partial charge in [0.15, 0.2) is 0 Å². The summed E-state index contributed by atoms with van der Waals surface area (Å²) >= 11 is 0. The molecular weight excluding hydrogens is 200 g/mol. The van der Waals surface area contributed by atoms with Gasteiger partial charge in [-0.3, -0.25) is 4.98 Å². The number of rotatable bonds is 3. The maximum Gasteiger partial charge on any atom is 0.0646 e. The molecule has 0 aromatic carbocycles. The number of hydrogen-bond donors (Lipinski definition) is 1. The van der Waals surface area contributed by atoms with Crippen LogP contribution in [-0.4, -0.2) is 24.2 Å². The zero-order valence-corrected chi connectivity index (χ0v) is 10.1. The molecule has 88 valence electrons. The third kappa shape index (κ3) is 2.11. The first-order valence-electron chi connectivity index (χ1n) is 5.87. The maximum absolute atomic E-state index is 6.35. The van der Waals surface area contributed by atoms with Crippen LogP contribution in [0.4, 0.5) is 0 Å². The minimum absolute atomic E-state index is 0.317. The third-order valence-electron chi connectivity index (χ3n) is 3.45. The van der Waals surface area contributed by atoms with Gasteiger partial charge in [0.05, 0.1) is 6.61 Å². The van der Waals surface area contributed by atoms with E-state index in [1.165, 1.54) is 17.7 Å². The summed E-state index contributed by atoms with van der Waals surface area (Å²) < 4.78 is 5.22. The average Bonchev–Trinajstić information content (AvgIpc) is 2.28. The van der Waals surface area contributed by atoms with E-state index in [2.05, 4.69) is 18.0 Å². The average molecular weight is 220 g/mol. The fourth-order valence-corrected chi connectivity index (χ4v) is 2.66. The Bertz CT molecular complexity index is 363. The van der Waals surface area contributed by atoms with Crippen LogP contribution in [0.3, 0.4) is 0 Å². The Balaban J connectivity index is 2.31. The molecule has 16 heavy (non-hydrogen) atoms. The second kappa shape index (κ2) is 4.52. The Morgan fingerprint density at radius 3 is 3.19 bits per heavy atom. The molecule has 0 saturated carbocycles. The van der Waals surface area contributed by atoms with Crippen molar-refractivity contribution < 1.29 is 4.74 Å². The number of pyridine rings is 1. The zero-order chi connectivity index (χ0) is 11.6. The van der Waals surface area contributed by atoms with Gasteiger partial charge in [0, 0.05) is 30.5 Å². The van der Waals surface area contributed by atoms with Gasteiger partial charge in [-0.25, -0.2) is 0 Å². The third-order valence-corrected chi connectivity index (χ3v) is 3.45. The predicted molar refractivity (Wildman–Crippen MR) is 64.4 cm³/mol. The second-order valence-corrected chi connectivity index (χ2v) is 4.93. The molecule has 2 rings (SSSR count). The van der Waals surface area contributed by atoms with E-state index in [-0.39, 0.29) is 5.54 Å². The standard InChI is InChI=1S/C13H20N2O/c1-13(14,9-16-2)11-7-3-5-10-6-4-8-15-12(10)11/h4,6,8,11H,3,5,7,9,14H2,1-2H3. The summed E-state index contributed by atoms with van der Waals surface area (Å²) in [5.41, 5.74) is 8.56. The fourth-order valence-electron chi connectivity index (χ4n) is 2.66. The van der Waals surface area contributed by atoms with Gasteiger partial charge in [0.25, 0.3) is 0 Å². The maximum atomic E-state index is 6.35. The van der Waals surface area contributed by atoms with Gasteiger partial charge >= 0.3 is 0 Å². The van der Waals surface area contributed by atoms with Crippen LogP contribution in [0.2, 0.25) is 0 Å². The van der Waals surface area contributed by atoms with Crippen molar-refractivity contribution in [1.29, 1.82) is 0 Å². The number of methoxy groups -OCH3 is 1. The van der Waals surface area contributed by atoms with Crippen molar-refractivity contribution in [3.8, 4) is 0 Å². The molecule has 0 saturated heterocycles. The number of fused-ring (bicyclic) bond motifs is 1. The minimum Gasteiger partial charge on any atom is -0.383 e. The molecule has 1 aromatic rings. The Kier molecular flexibility index (Phi) is 3.26. The Morgan fingerprint density at radius 2 is 2.44 bits per heavy atom. The van der Waals surface area contributed by atoms with E-state index in [0.717, 1.165) is 12.8 Å². The van der Waals surface area contributed by atoms with E-state index in [1.807, 2.05) is 12.3 Å². The van der Waals surface area contributed by atoms with E-state index < -0.39 is 0 Å². The van der Waals surface area contributed by atoms with Crippen LogP contribution >= 0.6 is 0 Å². The zero-order valence-electron chi connectivity index (χ0n) is 10.1. The van der Waals surface area contributed by atoms with E-state index in [4.69, 9.17) is 10.5 Å². The highest BCUT2D eigenvalue weighted by Crippen LogP contribution is 2.36. The van der Waals surface area contributed by atoms with Crippen LogP contribution < -0.4 is 5.73 Å². The van der Waals surface area contributed by atoms with Gasteiger partial charge in [-0.15, -0.1) is 0 Å². The SMILES string of the molecule is COCC(C)(N)C1CCCc2cccnc21. The Hall–Kier alpha value is -0.930. The summed E-state index contributed by atoms with van der Waals surface area (Å²) in [5.74, 6) is 0.317. The lowest BCUT2D eigenvalue weighted by atomic mass is 9.75. The lowest BCUT2D eigenvalue weighted by molar-refractivity contribution is 0.120. The van der Waals surface area contributed by atoms with Crippen molar-refractivity contribution in [3.05, 3.63) is 29.6 Å². The molecule has 2 atom stereocenters. The van der Waals surface area contributed by atoms with Crippen molar-refractivity contribution in [1.82, 2.24) is 4.98 Å². The number of nitrogens with zero attached hydrogens (tertiary/aromatic N) is 1. The Labute approximate surface area is 97.0 Å². The van der Waals surface area contributed by atoms with Crippen molar-refractivity contribution in [2.45, 2.75) is 37.6 Å². The van der Waals surface area contributed by atoms with E-state index in [1.54, 1.807) is 7.11 Å². The molecule has 1 heterocycles. The number of ether oxygens (including phenoxy) is 1. The molecule has 0 amide bonds. The number of nitrogens with two attached hydrogens (primary N) is 1. The van der Waals surface area contributed by atoms with Crippen LogP contribution in [0.15, 0.2) is 18.3 Å². The number of aryl methyl sites for hydroxylation is 1. The molecule has 1 aliphatic rings. The summed E-state index contributed by atoms with van der Waals surface area (Å²) in [5, 5.41) is 0. The van der Waals surface area contributed by atoms with Crippen LogP contribution in [0.5, 0.6) is 0 Å². The number of aromatic nitrogens is 1. The molecule has 3 heteroatoms. The molecule has 3 nitrogen and oxygen atoms in total. The summed E-state index contributed by atoms with van der Waals surface area (Å²) in [6, 6.07) is 4.17. The van der Waals surface area contributed by atoms with Gasteiger partial charge in [-0.05, 0) is 37.8 Å². The molecule has 0 radical (unpaired) electrons. The van der Waals surface area contributed by atoms with Gasteiger partial charge < -0.3 is 10.5 Å². The highest BCUT2D eigenvalue weighted by atomic mass is 16.5. The highest BCUT2D eigenvalue weighted by molar-refractivity contribution is 5.28. The normalized spacial score (nSPS) is 23.6. The van der Waals surface area contributed by atoms with Gasteiger partial charge in [-0.1, -0.05) is 6.07 Å². The molecule has 2 unspecified atom stereocenters. The Morgan fingerprint density at radius 1 is 1.62 bits per heavy atom. The smallest absolute Gasteiger partial charge is 0.0646 e. The van der Waals surface area contributed by atoms with Crippen molar-refractivity contribution in [3.63, 3.8) is 0 Å². The summed E-state index contributed by atoms with van der Waals surface area (Å²) in [6.07, 6.45) is 5.29. The summed E-state index contributed by atoms with van der Waals surface area (Å²) in [4.78, 5) is 4.51. The molecule has 2 N–H and O–H groups in total. The fraction of sp³-hybridized carbons (Fsp3) is 0.615. The van der Waals surface area contributed by atoms with Crippen LogP contribution in [0.25, 0.3) is 0 Å². The van der Waals surface area contributed by atoms with Crippen LogP contribution in [-0.2, 0) is 11.2 Å². The molecule has 0 spiro atoms. The van der Waals surface area contributed by atoms with E-state index >= 15 is 0 Å². The molecule has 0 fully saturated rings. The first-order chi connectivity index (χ1) is 7.65. The van der Waals surface area contributed by atoms with Crippen molar-refractivity contribution >= 4 is 0 Å². The molecule has 1 aliphatic carbocycles. The minimum atomic E-state index is -0.321. The van der Waals surface area contributed by atoms with E-state index in [9.17, 15) is 0 Å². The van der Waals surface area contributed by atoms with Crippen molar-refractivity contribution in [2.24, 2.45) is 5.73 Å². The summed E-state index contributed by atoms with van der Waals surface area (Å²) in [7, 11) is 1.70. The van der Waals surface area contributed by atoms with Crippen LogP contribution in [0, 0.1) is 0 Å². The second-order valence-electron chi connectivity index (χ2n) is 4.93. The van der Waals surface area contributed by atoms with Crippen LogP contribution in [0.1, 0.15) is 36.9 Å². The predicted octanol–water partition coefficient (Wildman–Crippen LogP) is 1.87. The quantitative estimate of drug-likeness (QED) is 0.846. The monoisotopic (exact) mass is 220 g/mol. The largest absolute Gasteiger partial charge is 0.383 e. The van der Waals surface area contributed by atoms with E-state index in [0.29, 0.717) is 12.5 Å². The first kappa shape index (κ1) is 11.6. The van der Waals surface area contributed by atoms with Crippen molar-refractivity contribution in [2.75, 3.05) is 13.7 Å². The van der Waals surface area contributed by atoms with Gasteiger partial charge in [0.2, 0.25) is 0 Å². The molecule has 1 aromatic heterocycles. The van der Waals surface area contributed by atoms with Gasteiger partial charge in [0.1, 0.15) is 0 Å². The molecule has 0 aliphatic heterocycles. The topological polar surface area (TPSA) is 48.1 Å². The molecular formula is C13H20N2O. The first-order valence-corrected chi connectivity index (χ1v) is 5.87. The number of hydrogen-bond acceptors (Lipinski definition) is 3. The van der Waals surface area contributed by atoms with Gasteiger partial charge in [-0.2, -0.15) is 0 Å². The lowest BCUT2D eigenvalue weighted by Gasteiger charge is -2.36. The highest BCUT2D eigenvalue weighted by Gasteiger charge is 2.35.